The molecule has 1 saturated carbocycles. The van der Waals surface area contributed by atoms with Crippen molar-refractivity contribution in [2.24, 2.45) is 5.92 Å². The van der Waals surface area contributed by atoms with E-state index in [9.17, 15) is 0 Å². The van der Waals surface area contributed by atoms with Crippen molar-refractivity contribution in [1.29, 1.82) is 0 Å². The quantitative estimate of drug-likeness (QED) is 0.938. The number of ether oxygens (including phenoxy) is 1. The van der Waals surface area contributed by atoms with E-state index < -0.39 is 0 Å². The summed E-state index contributed by atoms with van der Waals surface area (Å²) in [7, 11) is 0. The van der Waals surface area contributed by atoms with E-state index in [4.69, 9.17) is 4.74 Å². The Labute approximate surface area is 128 Å². The Kier molecular flexibility index (Phi) is 3.78. The minimum atomic E-state index is 0.735. The molecule has 2 aliphatic rings. The minimum absolute atomic E-state index is 0.735. The van der Waals surface area contributed by atoms with Crippen LogP contribution >= 0.6 is 11.3 Å². The Balaban J connectivity index is 1.60. The summed E-state index contributed by atoms with van der Waals surface area (Å²) in [5, 5.41) is 4.86. The second-order valence-corrected chi connectivity index (χ2v) is 7.18. The van der Waals surface area contributed by atoms with Gasteiger partial charge in [0.15, 0.2) is 0 Å². The Hall–Kier alpha value is -1.20. The standard InChI is InChI=1S/C16H21N3OS/c1-2-4-11(5-3-1)8-17-15-14-12-6-7-20-9-13(12)21-16(14)19-10-18-15/h10-11H,1-9H2,(H,17,18,19). The molecule has 1 fully saturated rings. The van der Waals surface area contributed by atoms with Crippen LogP contribution in [0.15, 0.2) is 6.33 Å². The van der Waals surface area contributed by atoms with E-state index in [1.54, 1.807) is 17.7 Å². The predicted octanol–water partition coefficient (Wildman–Crippen LogP) is 3.76. The summed E-state index contributed by atoms with van der Waals surface area (Å²) in [5.74, 6) is 1.84. The van der Waals surface area contributed by atoms with Crippen LogP contribution in [0.1, 0.15) is 42.5 Å². The van der Waals surface area contributed by atoms with Crippen LogP contribution in [0.3, 0.4) is 0 Å². The lowest BCUT2D eigenvalue weighted by atomic mass is 9.89. The van der Waals surface area contributed by atoms with Gasteiger partial charge in [0.05, 0.1) is 18.6 Å². The highest BCUT2D eigenvalue weighted by Crippen LogP contribution is 2.36. The molecule has 0 unspecified atom stereocenters. The van der Waals surface area contributed by atoms with Crippen molar-refractivity contribution >= 4 is 27.4 Å². The molecule has 1 N–H and O–H groups in total. The highest BCUT2D eigenvalue weighted by atomic mass is 32.1. The molecule has 3 heterocycles. The van der Waals surface area contributed by atoms with Gasteiger partial charge < -0.3 is 10.1 Å². The normalized spacial score (nSPS) is 19.6. The van der Waals surface area contributed by atoms with Crippen molar-refractivity contribution in [3.8, 4) is 0 Å². The highest BCUT2D eigenvalue weighted by molar-refractivity contribution is 7.18. The number of hydrogen-bond acceptors (Lipinski definition) is 5. The number of nitrogens with zero attached hydrogens (tertiary/aromatic N) is 2. The zero-order chi connectivity index (χ0) is 14.1. The zero-order valence-electron chi connectivity index (χ0n) is 12.2. The molecule has 1 aliphatic heterocycles. The second kappa shape index (κ2) is 5.89. The van der Waals surface area contributed by atoms with Gasteiger partial charge in [0.25, 0.3) is 0 Å². The molecule has 1 aliphatic carbocycles. The van der Waals surface area contributed by atoms with Gasteiger partial charge in [-0.25, -0.2) is 9.97 Å². The van der Waals surface area contributed by atoms with Crippen molar-refractivity contribution < 1.29 is 4.74 Å². The fourth-order valence-electron chi connectivity index (χ4n) is 3.52. The summed E-state index contributed by atoms with van der Waals surface area (Å²) < 4.78 is 5.56. The Bertz CT molecular complexity index is 634. The smallest absolute Gasteiger partial charge is 0.138 e. The molecule has 0 atom stereocenters. The van der Waals surface area contributed by atoms with Gasteiger partial charge in [-0.15, -0.1) is 11.3 Å². The molecule has 4 nitrogen and oxygen atoms in total. The SMILES string of the molecule is c1nc(NCC2CCCCC2)c2c3c(sc2n1)COCC3. The number of hydrogen-bond donors (Lipinski definition) is 1. The van der Waals surface area contributed by atoms with Crippen molar-refractivity contribution in [1.82, 2.24) is 9.97 Å². The average Bonchev–Trinajstić information content (AvgIpc) is 2.93. The third-order valence-corrected chi connectivity index (χ3v) is 5.80. The summed E-state index contributed by atoms with van der Waals surface area (Å²) in [6, 6.07) is 0. The van der Waals surface area contributed by atoms with Gasteiger partial charge in [0.2, 0.25) is 0 Å². The molecule has 0 spiro atoms. The average molecular weight is 303 g/mol. The Morgan fingerprint density at radius 2 is 2.14 bits per heavy atom. The largest absolute Gasteiger partial charge is 0.376 e. The molecule has 0 saturated heterocycles. The van der Waals surface area contributed by atoms with Gasteiger partial charge >= 0.3 is 0 Å². The maximum atomic E-state index is 5.56. The zero-order valence-corrected chi connectivity index (χ0v) is 13.0. The van der Waals surface area contributed by atoms with Crippen LogP contribution in [0.2, 0.25) is 0 Å². The fraction of sp³-hybridized carbons (Fsp3) is 0.625. The van der Waals surface area contributed by atoms with E-state index in [1.165, 1.54) is 47.9 Å². The fourth-order valence-corrected chi connectivity index (χ4v) is 4.65. The molecule has 112 valence electrons. The first-order chi connectivity index (χ1) is 10.4. The molecule has 5 heteroatoms. The van der Waals surface area contributed by atoms with Crippen LogP contribution in [-0.2, 0) is 17.8 Å². The summed E-state index contributed by atoms with van der Waals surface area (Å²) in [6.07, 6.45) is 9.57. The van der Waals surface area contributed by atoms with Gasteiger partial charge in [-0.3, -0.25) is 0 Å². The third kappa shape index (κ3) is 2.64. The molecule has 0 aromatic carbocycles. The molecular formula is C16H21N3OS. The monoisotopic (exact) mass is 303 g/mol. The highest BCUT2D eigenvalue weighted by Gasteiger charge is 2.21. The lowest BCUT2D eigenvalue weighted by molar-refractivity contribution is 0.114. The number of fused-ring (bicyclic) bond motifs is 3. The van der Waals surface area contributed by atoms with E-state index in [0.29, 0.717) is 0 Å². The summed E-state index contributed by atoms with van der Waals surface area (Å²) in [5.41, 5.74) is 1.41. The van der Waals surface area contributed by atoms with E-state index in [1.807, 2.05) is 0 Å². The van der Waals surface area contributed by atoms with E-state index in [-0.39, 0.29) is 0 Å². The second-order valence-electron chi connectivity index (χ2n) is 6.09. The summed E-state index contributed by atoms with van der Waals surface area (Å²) in [4.78, 5) is 11.4. The molecular weight excluding hydrogens is 282 g/mol. The van der Waals surface area contributed by atoms with Crippen molar-refractivity contribution in [3.63, 3.8) is 0 Å². The number of thiophene rings is 1. The van der Waals surface area contributed by atoms with Crippen LogP contribution in [0.25, 0.3) is 10.2 Å². The maximum Gasteiger partial charge on any atom is 0.138 e. The first kappa shape index (κ1) is 13.5. The molecule has 4 rings (SSSR count). The van der Waals surface area contributed by atoms with E-state index in [2.05, 4.69) is 15.3 Å². The topological polar surface area (TPSA) is 47.0 Å². The maximum absolute atomic E-state index is 5.56. The van der Waals surface area contributed by atoms with E-state index in [0.717, 1.165) is 42.7 Å². The van der Waals surface area contributed by atoms with Crippen LogP contribution in [-0.4, -0.2) is 23.1 Å². The van der Waals surface area contributed by atoms with Crippen molar-refractivity contribution in [2.45, 2.75) is 45.1 Å². The molecule has 21 heavy (non-hydrogen) atoms. The van der Waals surface area contributed by atoms with Gasteiger partial charge in [0, 0.05) is 11.4 Å². The van der Waals surface area contributed by atoms with Crippen molar-refractivity contribution in [3.05, 3.63) is 16.8 Å². The third-order valence-electron chi connectivity index (χ3n) is 4.68. The molecule has 2 aromatic heterocycles. The van der Waals surface area contributed by atoms with Crippen LogP contribution in [0, 0.1) is 5.92 Å². The Morgan fingerprint density at radius 1 is 1.24 bits per heavy atom. The molecule has 0 amide bonds. The number of rotatable bonds is 3. The minimum Gasteiger partial charge on any atom is -0.376 e. The van der Waals surface area contributed by atoms with Gasteiger partial charge in [-0.2, -0.15) is 0 Å². The van der Waals surface area contributed by atoms with Crippen LogP contribution < -0.4 is 5.32 Å². The van der Waals surface area contributed by atoms with Gasteiger partial charge in [-0.1, -0.05) is 19.3 Å². The van der Waals surface area contributed by atoms with Gasteiger partial charge in [0.1, 0.15) is 17.0 Å². The lowest BCUT2D eigenvalue weighted by Gasteiger charge is -2.22. The summed E-state index contributed by atoms with van der Waals surface area (Å²) >= 11 is 1.76. The predicted molar refractivity (Wildman–Crippen MR) is 85.8 cm³/mol. The van der Waals surface area contributed by atoms with E-state index >= 15 is 0 Å². The van der Waals surface area contributed by atoms with Crippen molar-refractivity contribution in [2.75, 3.05) is 18.5 Å². The number of aromatic nitrogens is 2. The lowest BCUT2D eigenvalue weighted by Crippen LogP contribution is -2.18. The molecule has 0 radical (unpaired) electrons. The Morgan fingerprint density at radius 3 is 3.05 bits per heavy atom. The van der Waals surface area contributed by atoms with Crippen LogP contribution in [0.4, 0.5) is 5.82 Å². The van der Waals surface area contributed by atoms with Gasteiger partial charge in [-0.05, 0) is 30.7 Å². The first-order valence-electron chi connectivity index (χ1n) is 7.98. The first-order valence-corrected chi connectivity index (χ1v) is 8.80. The van der Waals surface area contributed by atoms with Crippen LogP contribution in [0.5, 0.6) is 0 Å². The molecule has 0 bridgehead atoms. The number of anilines is 1. The number of nitrogens with one attached hydrogen (secondary N) is 1. The summed E-state index contributed by atoms with van der Waals surface area (Å²) in [6.45, 7) is 2.60. The molecule has 2 aromatic rings.